The highest BCUT2D eigenvalue weighted by atomic mass is 19.3. The Morgan fingerprint density at radius 2 is 1.91 bits per heavy atom. The van der Waals surface area contributed by atoms with Crippen molar-refractivity contribution in [1.29, 1.82) is 0 Å². The van der Waals surface area contributed by atoms with Crippen molar-refractivity contribution < 1.29 is 22.9 Å². The smallest absolute Gasteiger partial charge is 0.395 e. The Morgan fingerprint density at radius 1 is 1.09 bits per heavy atom. The van der Waals surface area contributed by atoms with Crippen LogP contribution in [0.4, 0.5) is 8.78 Å². The molecule has 0 aliphatic carbocycles. The first-order chi connectivity index (χ1) is 15.5. The molecule has 0 atom stereocenters. The summed E-state index contributed by atoms with van der Waals surface area (Å²) in [5.74, 6) is 0.0567. The van der Waals surface area contributed by atoms with Crippen molar-refractivity contribution in [3.8, 4) is 33.8 Å². The molecule has 7 nitrogen and oxygen atoms in total. The molecule has 0 radical (unpaired) electrons. The second kappa shape index (κ2) is 7.03. The molecule has 0 saturated carbocycles. The predicted octanol–water partition coefficient (Wildman–Crippen LogP) is 3.77. The van der Waals surface area contributed by atoms with E-state index in [0.717, 1.165) is 59.2 Å². The topological polar surface area (TPSA) is 68.0 Å². The molecule has 0 spiro atoms. The number of H-pyrrole nitrogens is 1. The van der Waals surface area contributed by atoms with Gasteiger partial charge in [0.15, 0.2) is 18.5 Å². The number of alkyl halides is 2. The number of ether oxygens (including phenoxy) is 2. The van der Waals surface area contributed by atoms with Crippen LogP contribution in [0.25, 0.3) is 33.3 Å². The number of halogens is 2. The average molecular weight is 438 g/mol. The lowest BCUT2D eigenvalue weighted by atomic mass is 10.0. The Kier molecular flexibility index (Phi) is 4.23. The molecular weight excluding hydrogens is 416 g/mol. The number of piperidine rings is 1. The molecule has 4 aromatic rings. The zero-order valence-corrected chi connectivity index (χ0v) is 17.4. The third-order valence-corrected chi connectivity index (χ3v) is 6.22. The Labute approximate surface area is 182 Å². The number of hydrogen-bond donors (Lipinski definition) is 2. The minimum absolute atomic E-state index is 0.0250. The number of aromatic amines is 1. The number of pyridine rings is 1. The van der Waals surface area contributed by atoms with Crippen LogP contribution in [0.1, 0.15) is 18.9 Å². The van der Waals surface area contributed by atoms with Crippen molar-refractivity contribution in [3.63, 3.8) is 0 Å². The van der Waals surface area contributed by atoms with Crippen molar-refractivity contribution in [2.45, 2.75) is 25.2 Å². The van der Waals surface area contributed by atoms with Gasteiger partial charge < -0.3 is 19.8 Å². The van der Waals surface area contributed by atoms with Crippen LogP contribution in [-0.2, 0) is 7.05 Å². The molecule has 1 fully saturated rings. The zero-order valence-electron chi connectivity index (χ0n) is 17.4. The fraction of sp³-hybridized carbons (Fsp3) is 0.304. The highest BCUT2D eigenvalue weighted by Gasteiger charge is 2.43. The molecule has 0 bridgehead atoms. The summed E-state index contributed by atoms with van der Waals surface area (Å²) in [6.07, 6.45) is 6.54. The van der Waals surface area contributed by atoms with E-state index in [2.05, 4.69) is 59.6 Å². The number of nitrogens with one attached hydrogen (secondary N) is 2. The Balaban J connectivity index is 1.38. The van der Waals surface area contributed by atoms with Gasteiger partial charge in [-0.15, -0.1) is 13.5 Å². The summed E-state index contributed by atoms with van der Waals surface area (Å²) in [5, 5.41) is 4.31. The molecule has 6 rings (SSSR count). The van der Waals surface area contributed by atoms with Crippen LogP contribution in [0.3, 0.4) is 0 Å². The van der Waals surface area contributed by atoms with Gasteiger partial charge >= 0.3 is 6.29 Å². The van der Waals surface area contributed by atoms with E-state index in [-0.39, 0.29) is 11.5 Å². The van der Waals surface area contributed by atoms with Gasteiger partial charge in [0.25, 0.3) is 0 Å². The number of aryl methyl sites for hydroxylation is 1. The van der Waals surface area contributed by atoms with Gasteiger partial charge in [0.2, 0.25) is 6.20 Å². The van der Waals surface area contributed by atoms with Gasteiger partial charge in [0.1, 0.15) is 5.65 Å². The lowest BCUT2D eigenvalue weighted by molar-refractivity contribution is -0.756. The zero-order chi connectivity index (χ0) is 21.9. The van der Waals surface area contributed by atoms with Gasteiger partial charge in [0.05, 0.1) is 17.8 Å². The molecular formula is C23H22F2N5O2+. The van der Waals surface area contributed by atoms with Crippen LogP contribution in [0.5, 0.6) is 11.5 Å². The number of rotatable bonds is 3. The molecule has 32 heavy (non-hydrogen) atoms. The predicted molar refractivity (Wildman–Crippen MR) is 113 cm³/mol. The molecule has 2 aliphatic heterocycles. The van der Waals surface area contributed by atoms with Gasteiger partial charge in [-0.05, 0) is 49.7 Å². The Morgan fingerprint density at radius 3 is 2.75 bits per heavy atom. The molecule has 9 heteroatoms. The number of hydrogen-bond acceptors (Lipinski definition) is 4. The number of fused-ring (bicyclic) bond motifs is 2. The van der Waals surface area contributed by atoms with Crippen LogP contribution in [-0.4, -0.2) is 34.0 Å². The van der Waals surface area contributed by atoms with E-state index in [1.807, 2.05) is 12.4 Å². The van der Waals surface area contributed by atoms with Crippen LogP contribution >= 0.6 is 0 Å². The van der Waals surface area contributed by atoms with E-state index in [9.17, 15) is 8.78 Å². The van der Waals surface area contributed by atoms with E-state index < -0.39 is 6.29 Å². The molecule has 3 aromatic heterocycles. The quantitative estimate of drug-likeness (QED) is 0.478. The standard InChI is InChI=1S/C23H22F2N5O2/c1-29-12-16(13-30(29)17-4-6-26-7-5-17)15-8-18-19(11-28-22(18)27-10-15)14-2-3-20-21(9-14)32-23(24,25)31-20/h2-3,8-13,17,26H,4-7H2,1H3,(H,27,28)/q+1. The average Bonchev–Trinajstić information content (AvgIpc) is 3.46. The van der Waals surface area contributed by atoms with E-state index in [1.165, 1.54) is 6.07 Å². The minimum Gasteiger partial charge on any atom is -0.395 e. The van der Waals surface area contributed by atoms with Crippen LogP contribution in [0.15, 0.2) is 49.1 Å². The molecule has 164 valence electrons. The number of benzene rings is 1. The maximum atomic E-state index is 13.4. The van der Waals surface area contributed by atoms with Gasteiger partial charge in [0, 0.05) is 28.9 Å². The molecule has 2 N–H and O–H groups in total. The third-order valence-electron chi connectivity index (χ3n) is 6.22. The summed E-state index contributed by atoms with van der Waals surface area (Å²) in [5.41, 5.74) is 4.41. The second-order valence-corrected chi connectivity index (χ2v) is 8.30. The molecule has 5 heterocycles. The lowest BCUT2D eigenvalue weighted by Gasteiger charge is -2.21. The first kappa shape index (κ1) is 19.2. The van der Waals surface area contributed by atoms with Gasteiger partial charge in [-0.25, -0.2) is 4.98 Å². The SMILES string of the molecule is C[n+]1cc(-c2cnc3[nH]cc(-c4ccc5c(c4)OC(F)(F)O5)c3c2)cn1C1CCNCC1. The summed E-state index contributed by atoms with van der Waals surface area (Å²) in [4.78, 5) is 7.76. The molecule has 0 unspecified atom stereocenters. The fourth-order valence-electron chi connectivity index (χ4n) is 4.63. The largest absolute Gasteiger partial charge is 0.586 e. The highest BCUT2D eigenvalue weighted by molar-refractivity contribution is 5.96. The van der Waals surface area contributed by atoms with Crippen molar-refractivity contribution in [2.24, 2.45) is 7.05 Å². The summed E-state index contributed by atoms with van der Waals surface area (Å²) in [6, 6.07) is 7.36. The maximum Gasteiger partial charge on any atom is 0.586 e. The molecule has 0 amide bonds. The first-order valence-electron chi connectivity index (χ1n) is 10.6. The van der Waals surface area contributed by atoms with Crippen LogP contribution in [0.2, 0.25) is 0 Å². The fourth-order valence-corrected chi connectivity index (χ4v) is 4.63. The Hall–Kier alpha value is -3.46. The van der Waals surface area contributed by atoms with Gasteiger partial charge in [-0.3, -0.25) is 0 Å². The van der Waals surface area contributed by atoms with Crippen molar-refractivity contribution in [3.05, 3.63) is 49.1 Å². The van der Waals surface area contributed by atoms with Crippen LogP contribution in [0, 0.1) is 0 Å². The van der Waals surface area contributed by atoms with Gasteiger partial charge in [-0.1, -0.05) is 6.07 Å². The monoisotopic (exact) mass is 438 g/mol. The normalized spacial score (nSPS) is 17.8. The van der Waals surface area contributed by atoms with E-state index in [1.54, 1.807) is 12.1 Å². The molecule has 2 aliphatic rings. The van der Waals surface area contributed by atoms with Crippen LogP contribution < -0.4 is 19.5 Å². The van der Waals surface area contributed by atoms with Crippen molar-refractivity contribution >= 4 is 11.0 Å². The van der Waals surface area contributed by atoms with E-state index in [4.69, 9.17) is 0 Å². The number of nitrogens with zero attached hydrogens (tertiary/aromatic N) is 3. The second-order valence-electron chi connectivity index (χ2n) is 8.30. The first-order valence-corrected chi connectivity index (χ1v) is 10.6. The number of aromatic nitrogens is 4. The highest BCUT2D eigenvalue weighted by Crippen LogP contribution is 2.43. The summed E-state index contributed by atoms with van der Waals surface area (Å²) >= 11 is 0. The summed E-state index contributed by atoms with van der Waals surface area (Å²) in [7, 11) is 2.06. The van der Waals surface area contributed by atoms with Crippen molar-refractivity contribution in [2.75, 3.05) is 13.1 Å². The summed E-state index contributed by atoms with van der Waals surface area (Å²) in [6.45, 7) is 2.06. The van der Waals surface area contributed by atoms with Crippen molar-refractivity contribution in [1.82, 2.24) is 20.0 Å². The van der Waals surface area contributed by atoms with E-state index >= 15 is 0 Å². The molecule has 1 saturated heterocycles. The van der Waals surface area contributed by atoms with E-state index in [0.29, 0.717) is 6.04 Å². The third kappa shape index (κ3) is 3.20. The van der Waals surface area contributed by atoms with Gasteiger partial charge in [-0.2, -0.15) is 4.68 Å². The minimum atomic E-state index is -3.63. The molecule has 1 aromatic carbocycles. The Bertz CT molecular complexity index is 1320. The maximum absolute atomic E-state index is 13.4. The summed E-state index contributed by atoms with van der Waals surface area (Å²) < 4.78 is 40.4. The lowest BCUT2D eigenvalue weighted by Crippen LogP contribution is -2.43.